The van der Waals surface area contributed by atoms with Gasteiger partial charge in [-0.15, -0.1) is 11.3 Å². The SMILES string of the molecule is CC1(C(=O)O)CCCN(Cc2cc(-c3cccs3)on2)C1. The van der Waals surface area contributed by atoms with Crippen molar-refractivity contribution in [2.24, 2.45) is 5.41 Å². The van der Waals surface area contributed by atoms with Crippen LogP contribution in [-0.2, 0) is 11.3 Å². The minimum Gasteiger partial charge on any atom is -0.481 e. The van der Waals surface area contributed by atoms with E-state index in [1.807, 2.05) is 30.5 Å². The lowest BCUT2D eigenvalue weighted by Crippen LogP contribution is -2.45. The highest BCUT2D eigenvalue weighted by Crippen LogP contribution is 2.31. The first-order valence-electron chi connectivity index (χ1n) is 7.02. The van der Waals surface area contributed by atoms with Gasteiger partial charge in [0.1, 0.15) is 0 Å². The molecule has 112 valence electrons. The summed E-state index contributed by atoms with van der Waals surface area (Å²) in [5.74, 6) is 0.0598. The van der Waals surface area contributed by atoms with Crippen LogP contribution in [0.1, 0.15) is 25.5 Å². The molecule has 1 saturated heterocycles. The van der Waals surface area contributed by atoms with Crippen LogP contribution in [0.25, 0.3) is 10.6 Å². The number of likely N-dealkylation sites (tertiary alicyclic amines) is 1. The number of hydrogen-bond donors (Lipinski definition) is 1. The standard InChI is InChI=1S/C15H18N2O3S/c1-15(14(18)19)5-3-6-17(10-15)9-11-8-12(20-16-11)13-4-2-7-21-13/h2,4,7-8H,3,5-6,9-10H2,1H3,(H,18,19). The van der Waals surface area contributed by atoms with Gasteiger partial charge in [0.25, 0.3) is 0 Å². The normalized spacial score (nSPS) is 23.3. The minimum atomic E-state index is -0.716. The molecule has 0 aromatic carbocycles. The van der Waals surface area contributed by atoms with E-state index >= 15 is 0 Å². The lowest BCUT2D eigenvalue weighted by atomic mass is 9.82. The molecule has 1 aliphatic rings. The summed E-state index contributed by atoms with van der Waals surface area (Å²) < 4.78 is 5.37. The van der Waals surface area contributed by atoms with Gasteiger partial charge >= 0.3 is 5.97 Å². The first-order valence-corrected chi connectivity index (χ1v) is 7.90. The van der Waals surface area contributed by atoms with Crippen LogP contribution in [0.5, 0.6) is 0 Å². The molecule has 0 aliphatic carbocycles. The molecule has 0 bridgehead atoms. The number of nitrogens with zero attached hydrogens (tertiary/aromatic N) is 2. The Labute approximate surface area is 127 Å². The maximum Gasteiger partial charge on any atom is 0.310 e. The Morgan fingerprint density at radius 3 is 3.19 bits per heavy atom. The maximum absolute atomic E-state index is 11.4. The van der Waals surface area contributed by atoms with Crippen molar-refractivity contribution in [1.82, 2.24) is 10.1 Å². The summed E-state index contributed by atoms with van der Waals surface area (Å²) in [6.45, 7) is 3.92. The van der Waals surface area contributed by atoms with E-state index in [9.17, 15) is 9.90 Å². The van der Waals surface area contributed by atoms with Crippen LogP contribution >= 0.6 is 11.3 Å². The fourth-order valence-electron chi connectivity index (χ4n) is 2.80. The van der Waals surface area contributed by atoms with Gasteiger partial charge in [-0.3, -0.25) is 9.69 Å². The van der Waals surface area contributed by atoms with E-state index in [4.69, 9.17) is 4.52 Å². The van der Waals surface area contributed by atoms with E-state index in [-0.39, 0.29) is 0 Å². The van der Waals surface area contributed by atoms with E-state index < -0.39 is 11.4 Å². The van der Waals surface area contributed by atoms with Crippen molar-refractivity contribution in [3.05, 3.63) is 29.3 Å². The number of piperidine rings is 1. The molecule has 1 unspecified atom stereocenters. The zero-order chi connectivity index (χ0) is 14.9. The number of carboxylic acid groups (broad SMARTS) is 1. The molecule has 0 radical (unpaired) electrons. The summed E-state index contributed by atoms with van der Waals surface area (Å²) >= 11 is 1.61. The number of aromatic nitrogens is 1. The molecule has 2 aromatic rings. The van der Waals surface area contributed by atoms with Crippen LogP contribution < -0.4 is 0 Å². The fourth-order valence-corrected chi connectivity index (χ4v) is 3.48. The summed E-state index contributed by atoms with van der Waals surface area (Å²) in [5.41, 5.74) is 0.200. The highest BCUT2D eigenvalue weighted by atomic mass is 32.1. The Bertz CT molecular complexity index is 623. The van der Waals surface area contributed by atoms with Crippen molar-refractivity contribution in [2.75, 3.05) is 13.1 Å². The van der Waals surface area contributed by atoms with E-state index in [1.165, 1.54) is 0 Å². The molecule has 3 heterocycles. The van der Waals surface area contributed by atoms with Gasteiger partial charge in [-0.05, 0) is 37.8 Å². The molecular weight excluding hydrogens is 288 g/mol. The monoisotopic (exact) mass is 306 g/mol. The highest BCUT2D eigenvalue weighted by Gasteiger charge is 2.37. The molecule has 6 heteroatoms. The number of aliphatic carboxylic acids is 1. The van der Waals surface area contributed by atoms with Gasteiger partial charge < -0.3 is 9.63 Å². The predicted octanol–water partition coefficient (Wildman–Crippen LogP) is 3.09. The summed E-state index contributed by atoms with van der Waals surface area (Å²) in [7, 11) is 0. The lowest BCUT2D eigenvalue weighted by molar-refractivity contribution is -0.151. The molecule has 1 aliphatic heterocycles. The van der Waals surface area contributed by atoms with Crippen LogP contribution in [0.15, 0.2) is 28.1 Å². The highest BCUT2D eigenvalue weighted by molar-refractivity contribution is 7.13. The second kappa shape index (κ2) is 5.61. The Morgan fingerprint density at radius 2 is 2.48 bits per heavy atom. The second-order valence-electron chi connectivity index (χ2n) is 5.84. The average Bonchev–Trinajstić information content (AvgIpc) is 3.08. The Balaban J connectivity index is 1.68. The van der Waals surface area contributed by atoms with Crippen LogP contribution in [0.3, 0.4) is 0 Å². The molecule has 0 spiro atoms. The number of rotatable bonds is 4. The van der Waals surface area contributed by atoms with Crippen LogP contribution in [-0.4, -0.2) is 34.2 Å². The van der Waals surface area contributed by atoms with Crippen molar-refractivity contribution in [2.45, 2.75) is 26.3 Å². The van der Waals surface area contributed by atoms with Gasteiger partial charge in [0.2, 0.25) is 0 Å². The van der Waals surface area contributed by atoms with Crippen molar-refractivity contribution >= 4 is 17.3 Å². The maximum atomic E-state index is 11.4. The largest absolute Gasteiger partial charge is 0.481 e. The van der Waals surface area contributed by atoms with Gasteiger partial charge in [0.05, 0.1) is 16.0 Å². The van der Waals surface area contributed by atoms with E-state index in [0.29, 0.717) is 13.1 Å². The topological polar surface area (TPSA) is 66.6 Å². The molecule has 1 atom stereocenters. The van der Waals surface area contributed by atoms with Crippen LogP contribution in [0.2, 0.25) is 0 Å². The summed E-state index contributed by atoms with van der Waals surface area (Å²) in [5, 5.41) is 15.5. The molecule has 1 N–H and O–H groups in total. The van der Waals surface area contributed by atoms with Gasteiger partial charge in [-0.2, -0.15) is 0 Å². The first-order chi connectivity index (χ1) is 10.1. The summed E-state index contributed by atoms with van der Waals surface area (Å²) in [6.07, 6.45) is 1.64. The number of thiophene rings is 1. The van der Waals surface area contributed by atoms with Crippen molar-refractivity contribution in [1.29, 1.82) is 0 Å². The minimum absolute atomic E-state index is 0.559. The molecular formula is C15H18N2O3S. The fraction of sp³-hybridized carbons (Fsp3) is 0.467. The zero-order valence-corrected chi connectivity index (χ0v) is 12.7. The number of carbonyl (C=O) groups is 1. The Hall–Kier alpha value is -1.66. The molecule has 1 fully saturated rings. The quantitative estimate of drug-likeness (QED) is 0.940. The molecule has 2 aromatic heterocycles. The lowest BCUT2D eigenvalue weighted by Gasteiger charge is -2.37. The molecule has 0 saturated carbocycles. The van der Waals surface area contributed by atoms with Crippen molar-refractivity contribution in [3.63, 3.8) is 0 Å². The first kappa shape index (κ1) is 14.3. The van der Waals surface area contributed by atoms with Gasteiger partial charge in [-0.1, -0.05) is 11.2 Å². The van der Waals surface area contributed by atoms with Gasteiger partial charge in [0, 0.05) is 19.2 Å². The number of carboxylic acids is 1. The van der Waals surface area contributed by atoms with Crippen LogP contribution in [0, 0.1) is 5.41 Å². The summed E-state index contributed by atoms with van der Waals surface area (Å²) in [6, 6.07) is 5.92. The second-order valence-corrected chi connectivity index (χ2v) is 6.79. The predicted molar refractivity (Wildman–Crippen MR) is 80.1 cm³/mol. The third-order valence-corrected chi connectivity index (χ3v) is 4.88. The third kappa shape index (κ3) is 3.01. The van der Waals surface area contributed by atoms with Gasteiger partial charge in [-0.25, -0.2) is 0 Å². The third-order valence-electron chi connectivity index (χ3n) is 4.00. The smallest absolute Gasteiger partial charge is 0.310 e. The van der Waals surface area contributed by atoms with Crippen molar-refractivity contribution in [3.8, 4) is 10.6 Å². The van der Waals surface area contributed by atoms with E-state index in [1.54, 1.807) is 11.3 Å². The van der Waals surface area contributed by atoms with Crippen LogP contribution in [0.4, 0.5) is 0 Å². The molecule has 21 heavy (non-hydrogen) atoms. The van der Waals surface area contributed by atoms with E-state index in [0.717, 1.165) is 35.7 Å². The molecule has 3 rings (SSSR count). The molecule has 5 nitrogen and oxygen atoms in total. The summed E-state index contributed by atoms with van der Waals surface area (Å²) in [4.78, 5) is 14.6. The van der Waals surface area contributed by atoms with Gasteiger partial charge in [0.15, 0.2) is 5.76 Å². The zero-order valence-electron chi connectivity index (χ0n) is 11.9. The van der Waals surface area contributed by atoms with Crippen molar-refractivity contribution < 1.29 is 14.4 Å². The average molecular weight is 306 g/mol. The molecule has 0 amide bonds. The van der Waals surface area contributed by atoms with E-state index in [2.05, 4.69) is 10.1 Å². The Kier molecular flexibility index (Phi) is 3.82. The Morgan fingerprint density at radius 1 is 1.62 bits per heavy atom. The number of hydrogen-bond acceptors (Lipinski definition) is 5.